The minimum Gasteiger partial charge on any atom is -0.322 e. The van der Waals surface area contributed by atoms with Crippen molar-refractivity contribution >= 4 is 34.3 Å². The maximum absolute atomic E-state index is 12.4. The van der Waals surface area contributed by atoms with E-state index in [0.717, 1.165) is 30.1 Å². The van der Waals surface area contributed by atoms with Gasteiger partial charge in [0, 0.05) is 46.3 Å². The maximum atomic E-state index is 12.4. The fourth-order valence-electron chi connectivity index (χ4n) is 2.37. The van der Waals surface area contributed by atoms with Crippen molar-refractivity contribution in [2.24, 2.45) is 0 Å². The van der Waals surface area contributed by atoms with Crippen LogP contribution in [0.1, 0.15) is 19.4 Å². The van der Waals surface area contributed by atoms with E-state index in [2.05, 4.69) is 19.2 Å². The first-order valence-electron chi connectivity index (χ1n) is 6.95. The van der Waals surface area contributed by atoms with Gasteiger partial charge < -0.3 is 10.2 Å². The van der Waals surface area contributed by atoms with Gasteiger partial charge in [-0.3, -0.25) is 4.21 Å². The van der Waals surface area contributed by atoms with Crippen LogP contribution >= 0.6 is 11.8 Å². The summed E-state index contributed by atoms with van der Waals surface area (Å²) in [5.41, 5.74) is 1.67. The summed E-state index contributed by atoms with van der Waals surface area (Å²) in [4.78, 5) is 14.3. The number of anilines is 1. The van der Waals surface area contributed by atoms with E-state index in [1.54, 1.807) is 6.26 Å². The molecule has 6 heteroatoms. The van der Waals surface area contributed by atoms with Gasteiger partial charge in [-0.2, -0.15) is 11.8 Å². The SMILES string of the molecule is CS(=O)Cc1ccccc1NC(=O)N1CCSC(C)(C)C1. The molecule has 4 nitrogen and oxygen atoms in total. The molecule has 21 heavy (non-hydrogen) atoms. The Hall–Kier alpha value is -1.01. The molecule has 1 N–H and O–H groups in total. The van der Waals surface area contributed by atoms with Crippen LogP contribution in [0.2, 0.25) is 0 Å². The van der Waals surface area contributed by atoms with Crippen LogP contribution in [0.25, 0.3) is 0 Å². The summed E-state index contributed by atoms with van der Waals surface area (Å²) in [6, 6.07) is 7.49. The van der Waals surface area contributed by atoms with E-state index in [4.69, 9.17) is 0 Å². The number of carbonyl (C=O) groups excluding carboxylic acids is 1. The van der Waals surface area contributed by atoms with Gasteiger partial charge in [0.25, 0.3) is 0 Å². The molecule has 0 aromatic heterocycles. The Kier molecular flexibility index (Phi) is 5.32. The smallest absolute Gasteiger partial charge is 0.321 e. The van der Waals surface area contributed by atoms with E-state index in [1.807, 2.05) is 40.9 Å². The lowest BCUT2D eigenvalue weighted by molar-refractivity contribution is 0.208. The minimum absolute atomic E-state index is 0.0716. The molecule has 1 saturated heterocycles. The molecular weight excluding hydrogens is 304 g/mol. The van der Waals surface area contributed by atoms with Crippen molar-refractivity contribution in [1.82, 2.24) is 4.90 Å². The zero-order valence-corrected chi connectivity index (χ0v) is 14.4. The van der Waals surface area contributed by atoms with Gasteiger partial charge in [0.05, 0.1) is 5.75 Å². The quantitative estimate of drug-likeness (QED) is 0.929. The van der Waals surface area contributed by atoms with E-state index >= 15 is 0 Å². The summed E-state index contributed by atoms with van der Waals surface area (Å²) < 4.78 is 11.5. The number of benzene rings is 1. The van der Waals surface area contributed by atoms with Crippen LogP contribution in [-0.4, -0.2) is 45.0 Å². The number of thioether (sulfide) groups is 1. The summed E-state index contributed by atoms with van der Waals surface area (Å²) in [5.74, 6) is 1.42. The molecule has 0 bridgehead atoms. The predicted molar refractivity (Wildman–Crippen MR) is 91.3 cm³/mol. The second-order valence-corrected chi connectivity index (χ2v) is 9.07. The van der Waals surface area contributed by atoms with Crippen LogP contribution in [-0.2, 0) is 16.6 Å². The Morgan fingerprint density at radius 2 is 2.14 bits per heavy atom. The normalized spacial score (nSPS) is 19.1. The molecule has 0 aliphatic carbocycles. The second-order valence-electron chi connectivity index (χ2n) is 5.83. The van der Waals surface area contributed by atoms with E-state index in [9.17, 15) is 9.00 Å². The molecule has 0 radical (unpaired) electrons. The van der Waals surface area contributed by atoms with Crippen LogP contribution < -0.4 is 5.32 Å². The molecule has 0 saturated carbocycles. The van der Waals surface area contributed by atoms with E-state index in [1.165, 1.54) is 0 Å². The molecule has 2 rings (SSSR count). The number of carbonyl (C=O) groups is 1. The van der Waals surface area contributed by atoms with Crippen LogP contribution in [0.4, 0.5) is 10.5 Å². The van der Waals surface area contributed by atoms with Gasteiger partial charge in [0.15, 0.2) is 0 Å². The van der Waals surface area contributed by atoms with E-state index < -0.39 is 10.8 Å². The average Bonchev–Trinajstić information content (AvgIpc) is 2.39. The van der Waals surface area contributed by atoms with Gasteiger partial charge >= 0.3 is 6.03 Å². The molecule has 1 aromatic carbocycles. The molecule has 1 heterocycles. The van der Waals surface area contributed by atoms with Crippen molar-refractivity contribution in [2.45, 2.75) is 24.3 Å². The molecule has 1 fully saturated rings. The molecule has 0 spiro atoms. The minimum atomic E-state index is -0.927. The number of urea groups is 1. The number of hydrogen-bond donors (Lipinski definition) is 1. The zero-order chi connectivity index (χ0) is 15.5. The number of rotatable bonds is 3. The Morgan fingerprint density at radius 1 is 1.43 bits per heavy atom. The topological polar surface area (TPSA) is 49.4 Å². The van der Waals surface area contributed by atoms with Crippen LogP contribution in [0.15, 0.2) is 24.3 Å². The fraction of sp³-hybridized carbons (Fsp3) is 0.533. The third-order valence-corrected chi connectivity index (χ3v) is 5.35. The van der Waals surface area contributed by atoms with Gasteiger partial charge in [-0.1, -0.05) is 18.2 Å². The Labute approximate surface area is 133 Å². The average molecular weight is 326 g/mol. The maximum Gasteiger partial charge on any atom is 0.321 e. The van der Waals surface area contributed by atoms with Crippen molar-refractivity contribution in [3.63, 3.8) is 0 Å². The molecule has 1 aliphatic heterocycles. The summed E-state index contributed by atoms with van der Waals surface area (Å²) >= 11 is 1.90. The summed E-state index contributed by atoms with van der Waals surface area (Å²) in [6.07, 6.45) is 1.67. The third kappa shape index (κ3) is 4.74. The highest BCUT2D eigenvalue weighted by molar-refractivity contribution is 8.00. The molecule has 1 atom stereocenters. The highest BCUT2D eigenvalue weighted by atomic mass is 32.2. The lowest BCUT2D eigenvalue weighted by atomic mass is 10.2. The Bertz CT molecular complexity index is 546. The zero-order valence-electron chi connectivity index (χ0n) is 12.7. The van der Waals surface area contributed by atoms with Crippen LogP contribution in [0.3, 0.4) is 0 Å². The van der Waals surface area contributed by atoms with Crippen molar-refractivity contribution in [1.29, 1.82) is 0 Å². The Morgan fingerprint density at radius 3 is 2.81 bits per heavy atom. The number of nitrogens with zero attached hydrogens (tertiary/aromatic N) is 1. The van der Waals surface area contributed by atoms with Gasteiger partial charge in [-0.05, 0) is 25.5 Å². The van der Waals surface area contributed by atoms with Crippen molar-refractivity contribution < 1.29 is 9.00 Å². The van der Waals surface area contributed by atoms with Crippen molar-refractivity contribution in [3.8, 4) is 0 Å². The molecule has 1 unspecified atom stereocenters. The predicted octanol–water partition coefficient (Wildman–Crippen LogP) is 2.92. The highest BCUT2D eigenvalue weighted by Gasteiger charge is 2.29. The molecular formula is C15H22N2O2S2. The first-order chi connectivity index (χ1) is 9.87. The summed E-state index contributed by atoms with van der Waals surface area (Å²) in [7, 11) is -0.927. The number of para-hydroxylation sites is 1. The first kappa shape index (κ1) is 16.4. The van der Waals surface area contributed by atoms with Crippen LogP contribution in [0.5, 0.6) is 0 Å². The number of hydrogen-bond acceptors (Lipinski definition) is 3. The monoisotopic (exact) mass is 326 g/mol. The lowest BCUT2D eigenvalue weighted by Gasteiger charge is -2.37. The second kappa shape index (κ2) is 6.83. The van der Waals surface area contributed by atoms with Crippen molar-refractivity contribution in [3.05, 3.63) is 29.8 Å². The fourth-order valence-corrected chi connectivity index (χ4v) is 4.17. The molecule has 1 aliphatic rings. The highest BCUT2D eigenvalue weighted by Crippen LogP contribution is 2.30. The molecule has 1 aromatic rings. The lowest BCUT2D eigenvalue weighted by Crippen LogP contribution is -2.47. The number of amides is 2. The largest absolute Gasteiger partial charge is 0.322 e. The molecule has 116 valence electrons. The van der Waals surface area contributed by atoms with Gasteiger partial charge in [0.2, 0.25) is 0 Å². The van der Waals surface area contributed by atoms with E-state index in [0.29, 0.717) is 5.75 Å². The van der Waals surface area contributed by atoms with Crippen LogP contribution in [0, 0.1) is 0 Å². The van der Waals surface area contributed by atoms with Gasteiger partial charge in [-0.25, -0.2) is 4.79 Å². The van der Waals surface area contributed by atoms with E-state index in [-0.39, 0.29) is 10.8 Å². The first-order valence-corrected chi connectivity index (χ1v) is 9.66. The van der Waals surface area contributed by atoms with Gasteiger partial charge in [-0.15, -0.1) is 0 Å². The summed E-state index contributed by atoms with van der Waals surface area (Å²) in [5, 5.41) is 2.97. The number of nitrogens with one attached hydrogen (secondary N) is 1. The van der Waals surface area contributed by atoms with Gasteiger partial charge in [0.1, 0.15) is 0 Å². The third-order valence-electron chi connectivity index (χ3n) is 3.33. The molecule has 2 amide bonds. The Balaban J connectivity index is 2.07. The standard InChI is InChI=1S/C15H22N2O2S2/c1-15(2)11-17(8-9-20-15)14(18)16-13-7-5-4-6-12(13)10-21(3)19/h4-7H,8-11H2,1-3H3,(H,16,18). The van der Waals surface area contributed by atoms with Crippen molar-refractivity contribution in [2.75, 3.05) is 30.4 Å². The summed E-state index contributed by atoms with van der Waals surface area (Å²) in [6.45, 7) is 5.82.